The summed E-state index contributed by atoms with van der Waals surface area (Å²) in [5.74, 6) is 0.880. The molecule has 3 aromatic carbocycles. The Morgan fingerprint density at radius 3 is 2.23 bits per heavy atom. The summed E-state index contributed by atoms with van der Waals surface area (Å²) in [5, 5.41) is 2.44. The molecule has 0 fully saturated rings. The Hall–Kier alpha value is -4.19. The van der Waals surface area contributed by atoms with Crippen molar-refractivity contribution in [2.24, 2.45) is 0 Å². The molecule has 0 saturated heterocycles. The molecule has 0 radical (unpaired) electrons. The first-order valence-electron chi connectivity index (χ1n) is 12.0. The molecule has 172 valence electrons. The highest BCUT2D eigenvalue weighted by atomic mass is 15.5. The Morgan fingerprint density at radius 1 is 0.686 bits per heavy atom. The van der Waals surface area contributed by atoms with Gasteiger partial charge >= 0.3 is 0 Å². The van der Waals surface area contributed by atoms with E-state index in [1.165, 1.54) is 21.8 Å². The second kappa shape index (κ2) is 6.69. The first-order chi connectivity index (χ1) is 16.9. The van der Waals surface area contributed by atoms with Gasteiger partial charge in [0.15, 0.2) is 11.3 Å². The van der Waals surface area contributed by atoms with Crippen molar-refractivity contribution in [2.45, 2.75) is 38.8 Å². The van der Waals surface area contributed by atoms with Crippen LogP contribution < -0.4 is 4.90 Å². The van der Waals surface area contributed by atoms with Crippen LogP contribution in [0.3, 0.4) is 0 Å². The van der Waals surface area contributed by atoms with Gasteiger partial charge in [-0.2, -0.15) is 4.98 Å². The van der Waals surface area contributed by atoms with Gasteiger partial charge in [0.2, 0.25) is 5.95 Å². The maximum absolute atomic E-state index is 5.00. The van der Waals surface area contributed by atoms with Crippen molar-refractivity contribution in [3.05, 3.63) is 85.2 Å². The average molecular weight is 459 g/mol. The van der Waals surface area contributed by atoms with Gasteiger partial charge in [0.05, 0.1) is 27.8 Å². The maximum Gasteiger partial charge on any atom is 0.215 e. The van der Waals surface area contributed by atoms with Crippen molar-refractivity contribution in [3.63, 3.8) is 0 Å². The first kappa shape index (κ1) is 20.2. The molecule has 6 aromatic rings. The number of anilines is 2. The zero-order chi connectivity index (χ0) is 23.9. The van der Waals surface area contributed by atoms with Crippen LogP contribution >= 0.6 is 0 Å². The molecule has 4 heterocycles. The first-order valence-corrected chi connectivity index (χ1v) is 12.0. The third-order valence-corrected chi connectivity index (χ3v) is 8.02. The van der Waals surface area contributed by atoms with Crippen molar-refractivity contribution in [1.82, 2.24) is 24.1 Å². The van der Waals surface area contributed by atoms with Crippen LogP contribution in [-0.4, -0.2) is 29.6 Å². The molecule has 35 heavy (non-hydrogen) atoms. The standard InChI is InChI=1S/C29H26N6/c1-28(2)29(3,4)35-26-25(30-17-18-31-26)32-27(35)34(28)23-16-10-15-22-24(23)20-13-8-9-14-21(20)33(22)19-11-6-5-7-12-19/h5-18H,1-4H3. The van der Waals surface area contributed by atoms with E-state index in [0.29, 0.717) is 5.65 Å². The van der Waals surface area contributed by atoms with Gasteiger partial charge in [0, 0.05) is 28.9 Å². The Bertz CT molecular complexity index is 1760. The summed E-state index contributed by atoms with van der Waals surface area (Å²) in [4.78, 5) is 16.6. The number of aromatic nitrogens is 5. The topological polar surface area (TPSA) is 51.8 Å². The molecule has 6 nitrogen and oxygen atoms in total. The summed E-state index contributed by atoms with van der Waals surface area (Å²) in [7, 11) is 0. The van der Waals surface area contributed by atoms with Crippen LogP contribution in [-0.2, 0) is 5.54 Å². The fraction of sp³-hybridized carbons (Fsp3) is 0.207. The van der Waals surface area contributed by atoms with E-state index in [0.717, 1.165) is 23.0 Å². The summed E-state index contributed by atoms with van der Waals surface area (Å²) >= 11 is 0. The molecule has 0 spiro atoms. The number of rotatable bonds is 2. The largest absolute Gasteiger partial charge is 0.309 e. The van der Waals surface area contributed by atoms with Gasteiger partial charge in [-0.25, -0.2) is 9.97 Å². The smallest absolute Gasteiger partial charge is 0.215 e. The molecule has 6 heteroatoms. The molecule has 1 aliphatic heterocycles. The monoisotopic (exact) mass is 458 g/mol. The van der Waals surface area contributed by atoms with Gasteiger partial charge in [-0.3, -0.25) is 4.57 Å². The summed E-state index contributed by atoms with van der Waals surface area (Å²) in [6, 6.07) is 25.8. The molecule has 0 N–H and O–H groups in total. The van der Waals surface area contributed by atoms with Crippen LogP contribution in [0.1, 0.15) is 27.7 Å². The highest BCUT2D eigenvalue weighted by Crippen LogP contribution is 2.53. The normalized spacial score (nSPS) is 16.4. The van der Waals surface area contributed by atoms with Crippen LogP contribution in [0.25, 0.3) is 38.8 Å². The third-order valence-electron chi connectivity index (χ3n) is 8.02. The highest BCUT2D eigenvalue weighted by Gasteiger charge is 2.54. The van der Waals surface area contributed by atoms with Gasteiger partial charge in [-0.05, 0) is 58.0 Å². The molecule has 0 amide bonds. The summed E-state index contributed by atoms with van der Waals surface area (Å²) in [6.07, 6.45) is 3.46. The summed E-state index contributed by atoms with van der Waals surface area (Å²) in [6.45, 7) is 9.11. The number of hydrogen-bond acceptors (Lipinski definition) is 4. The molecule has 0 bridgehead atoms. The van der Waals surface area contributed by atoms with E-state index in [2.05, 4.69) is 124 Å². The van der Waals surface area contributed by atoms with Gasteiger partial charge in [-0.1, -0.05) is 42.5 Å². The van der Waals surface area contributed by atoms with Crippen molar-refractivity contribution >= 4 is 44.7 Å². The molecule has 0 aliphatic carbocycles. The number of para-hydroxylation sites is 2. The Morgan fingerprint density at radius 2 is 1.40 bits per heavy atom. The number of imidazole rings is 1. The molecule has 0 atom stereocenters. The minimum absolute atomic E-state index is 0.271. The van der Waals surface area contributed by atoms with Crippen molar-refractivity contribution in [3.8, 4) is 5.69 Å². The molecule has 0 saturated carbocycles. The minimum atomic E-state index is -0.273. The van der Waals surface area contributed by atoms with E-state index in [1.807, 2.05) is 0 Å². The minimum Gasteiger partial charge on any atom is -0.309 e. The van der Waals surface area contributed by atoms with Crippen LogP contribution in [0.2, 0.25) is 0 Å². The molecule has 0 unspecified atom stereocenters. The van der Waals surface area contributed by atoms with Gasteiger partial charge in [0.1, 0.15) is 0 Å². The molecular formula is C29H26N6. The molecular weight excluding hydrogens is 432 g/mol. The van der Waals surface area contributed by atoms with Crippen molar-refractivity contribution < 1.29 is 0 Å². The fourth-order valence-corrected chi connectivity index (χ4v) is 5.71. The van der Waals surface area contributed by atoms with E-state index in [-0.39, 0.29) is 11.1 Å². The lowest BCUT2D eigenvalue weighted by Crippen LogP contribution is -2.50. The molecule has 7 rings (SSSR count). The predicted octanol–water partition coefficient (Wildman–Crippen LogP) is 6.59. The fourth-order valence-electron chi connectivity index (χ4n) is 5.71. The lowest BCUT2D eigenvalue weighted by molar-refractivity contribution is 0.252. The van der Waals surface area contributed by atoms with E-state index in [4.69, 9.17) is 4.98 Å². The Balaban J connectivity index is 1.60. The zero-order valence-corrected chi connectivity index (χ0v) is 20.3. The second-order valence-corrected chi connectivity index (χ2v) is 10.3. The average Bonchev–Trinajstić information content (AvgIpc) is 3.45. The SMILES string of the molecule is CC1(C)N(c2cccc3c2c2ccccc2n3-c2ccccc2)c2nc3nccnc3n2C1(C)C. The van der Waals surface area contributed by atoms with E-state index >= 15 is 0 Å². The number of benzene rings is 3. The van der Waals surface area contributed by atoms with E-state index in [9.17, 15) is 0 Å². The molecule has 1 aliphatic rings. The Labute approximate surface area is 203 Å². The number of nitrogens with zero attached hydrogens (tertiary/aromatic N) is 6. The summed E-state index contributed by atoms with van der Waals surface area (Å²) in [5.41, 5.74) is 5.61. The third kappa shape index (κ3) is 2.46. The van der Waals surface area contributed by atoms with Gasteiger partial charge < -0.3 is 9.47 Å². The lowest BCUT2D eigenvalue weighted by atomic mass is 9.82. The second-order valence-electron chi connectivity index (χ2n) is 10.3. The van der Waals surface area contributed by atoms with Gasteiger partial charge in [-0.15, -0.1) is 0 Å². The van der Waals surface area contributed by atoms with Crippen molar-refractivity contribution in [1.29, 1.82) is 0 Å². The van der Waals surface area contributed by atoms with Crippen LogP contribution in [0.4, 0.5) is 11.6 Å². The lowest BCUT2D eigenvalue weighted by Gasteiger charge is -2.41. The predicted molar refractivity (Wildman–Crippen MR) is 142 cm³/mol. The maximum atomic E-state index is 5.00. The quantitative estimate of drug-likeness (QED) is 0.294. The van der Waals surface area contributed by atoms with Crippen LogP contribution in [0.15, 0.2) is 85.2 Å². The number of hydrogen-bond donors (Lipinski definition) is 0. The van der Waals surface area contributed by atoms with Crippen molar-refractivity contribution in [2.75, 3.05) is 4.90 Å². The Kier molecular flexibility index (Phi) is 3.86. The van der Waals surface area contributed by atoms with E-state index in [1.54, 1.807) is 12.4 Å². The van der Waals surface area contributed by atoms with E-state index < -0.39 is 0 Å². The van der Waals surface area contributed by atoms with Gasteiger partial charge in [0.25, 0.3) is 0 Å². The summed E-state index contributed by atoms with van der Waals surface area (Å²) < 4.78 is 4.61. The number of fused-ring (bicyclic) bond motifs is 6. The highest BCUT2D eigenvalue weighted by molar-refractivity contribution is 6.16. The zero-order valence-electron chi connectivity index (χ0n) is 20.3. The van der Waals surface area contributed by atoms with Crippen LogP contribution in [0, 0.1) is 0 Å². The molecule has 3 aromatic heterocycles. The van der Waals surface area contributed by atoms with Crippen LogP contribution in [0.5, 0.6) is 0 Å².